The average molecular weight is 610 g/mol. The molecule has 3 N–H and O–H groups in total. The number of hydrogen-bond donors (Lipinski definition) is 3. The third-order valence-electron chi connectivity index (χ3n) is 7.64. The van der Waals surface area contributed by atoms with E-state index in [4.69, 9.17) is 14.2 Å². The van der Waals surface area contributed by atoms with Gasteiger partial charge in [0.25, 0.3) is 5.91 Å². The minimum Gasteiger partial charge on any atom is -0.493 e. The molecule has 2 heterocycles. The number of rotatable bonds is 13. The summed E-state index contributed by atoms with van der Waals surface area (Å²) >= 11 is 1.20. The van der Waals surface area contributed by atoms with Crippen LogP contribution < -0.4 is 30.2 Å². The molecule has 1 aliphatic heterocycles. The second kappa shape index (κ2) is 15.6. The second-order valence-electron chi connectivity index (χ2n) is 10.9. The van der Waals surface area contributed by atoms with Crippen molar-refractivity contribution in [3.63, 3.8) is 0 Å². The molecular weight excluding hydrogens is 566 g/mol. The Balaban J connectivity index is 1.27. The fourth-order valence-corrected chi connectivity index (χ4v) is 5.55. The maximum Gasteiger partial charge on any atom is 0.319 e. The van der Waals surface area contributed by atoms with Gasteiger partial charge in [-0.15, -0.1) is 0 Å². The molecule has 0 unspecified atom stereocenters. The van der Waals surface area contributed by atoms with E-state index in [1.807, 2.05) is 26.0 Å². The number of thiazole rings is 1. The van der Waals surface area contributed by atoms with Gasteiger partial charge < -0.3 is 29.7 Å². The number of carbonyl (C=O) groups excluding carboxylic acids is 2. The predicted molar refractivity (Wildman–Crippen MR) is 171 cm³/mol. The fourth-order valence-electron chi connectivity index (χ4n) is 4.87. The number of aromatic nitrogens is 1. The summed E-state index contributed by atoms with van der Waals surface area (Å²) in [5.74, 6) is 1.95. The topological polar surface area (TPSA) is 114 Å². The smallest absolute Gasteiger partial charge is 0.319 e. The van der Waals surface area contributed by atoms with Crippen molar-refractivity contribution in [2.45, 2.75) is 65.5 Å². The van der Waals surface area contributed by atoms with Crippen LogP contribution in [0.5, 0.6) is 22.3 Å². The number of hydrogen-bond acceptors (Lipinski definition) is 8. The molecule has 0 aliphatic carbocycles. The summed E-state index contributed by atoms with van der Waals surface area (Å²) in [6.07, 6.45) is 5.54. The molecule has 43 heavy (non-hydrogen) atoms. The molecule has 1 aromatic heterocycles. The fraction of sp³-hybridized carbons (Fsp3) is 0.469. The Hall–Kier alpha value is -3.83. The number of urea groups is 1. The molecule has 0 bridgehead atoms. The highest BCUT2D eigenvalue weighted by Crippen LogP contribution is 2.37. The highest BCUT2D eigenvalue weighted by atomic mass is 32.1. The van der Waals surface area contributed by atoms with Crippen LogP contribution in [0.15, 0.2) is 48.7 Å². The van der Waals surface area contributed by atoms with Crippen LogP contribution in [0, 0.1) is 5.92 Å². The lowest BCUT2D eigenvalue weighted by Crippen LogP contribution is -2.39. The van der Waals surface area contributed by atoms with Gasteiger partial charge in [-0.2, -0.15) is 0 Å². The summed E-state index contributed by atoms with van der Waals surface area (Å²) in [7, 11) is 1.53. The lowest BCUT2D eigenvalue weighted by Gasteiger charge is -2.34. The number of nitrogens with zero attached hydrogens (tertiary/aromatic N) is 2. The Morgan fingerprint density at radius 1 is 1.02 bits per heavy atom. The lowest BCUT2D eigenvalue weighted by atomic mass is 9.97. The first kappa shape index (κ1) is 32.1. The molecule has 1 aliphatic rings. The van der Waals surface area contributed by atoms with E-state index in [-0.39, 0.29) is 18.0 Å². The Morgan fingerprint density at radius 2 is 1.74 bits per heavy atom. The number of piperidine rings is 1. The SMILES string of the molecule is CCC(CC)NC(=O)Nc1ccc(Oc2cnc(NC(=O)c3ccc(OCC4CCN(C(C)C)CC4)cc3)s2)c(OC)c1. The Kier molecular flexibility index (Phi) is 11.6. The van der Waals surface area contributed by atoms with Crippen LogP contribution in [0.2, 0.25) is 0 Å². The molecule has 232 valence electrons. The van der Waals surface area contributed by atoms with Crippen LogP contribution in [0.25, 0.3) is 0 Å². The number of benzene rings is 2. The first-order chi connectivity index (χ1) is 20.8. The van der Waals surface area contributed by atoms with E-state index in [1.54, 1.807) is 30.3 Å². The first-order valence-corrected chi connectivity index (χ1v) is 15.8. The van der Waals surface area contributed by atoms with E-state index >= 15 is 0 Å². The molecular formula is C32H43N5O5S. The Bertz CT molecular complexity index is 1330. The maximum atomic E-state index is 12.8. The molecule has 0 radical (unpaired) electrons. The van der Waals surface area contributed by atoms with Crippen molar-refractivity contribution in [3.8, 4) is 22.3 Å². The van der Waals surface area contributed by atoms with E-state index < -0.39 is 0 Å². The molecule has 2 aromatic carbocycles. The van der Waals surface area contributed by atoms with E-state index in [1.165, 1.54) is 24.6 Å². The standard InChI is InChI=1S/C32H43N5O5S/c1-6-24(7-2)34-31(39)35-25-10-13-27(28(18-25)40-5)42-29-19-33-32(43-29)36-30(38)23-8-11-26(12-9-23)41-20-22-14-16-37(17-15-22)21(3)4/h8-13,18-19,21-22,24H,6-7,14-17,20H2,1-5H3,(H,33,36,38)(H2,34,35,39). The molecule has 11 heteroatoms. The zero-order valence-electron chi connectivity index (χ0n) is 25.6. The highest BCUT2D eigenvalue weighted by molar-refractivity contribution is 7.17. The van der Waals surface area contributed by atoms with Crippen molar-refractivity contribution in [1.29, 1.82) is 0 Å². The normalized spacial score (nSPS) is 14.0. The van der Waals surface area contributed by atoms with Gasteiger partial charge in [0.05, 0.1) is 19.9 Å². The largest absolute Gasteiger partial charge is 0.493 e. The van der Waals surface area contributed by atoms with Crippen LogP contribution in [0.3, 0.4) is 0 Å². The van der Waals surface area contributed by atoms with Gasteiger partial charge in [0, 0.05) is 29.4 Å². The van der Waals surface area contributed by atoms with E-state index in [0.29, 0.717) is 51.5 Å². The zero-order valence-corrected chi connectivity index (χ0v) is 26.5. The summed E-state index contributed by atoms with van der Waals surface area (Å²) in [4.78, 5) is 31.9. The van der Waals surface area contributed by atoms with Crippen LogP contribution in [0.1, 0.15) is 63.7 Å². The van der Waals surface area contributed by atoms with Crippen LogP contribution in [0.4, 0.5) is 15.6 Å². The van der Waals surface area contributed by atoms with Crippen molar-refractivity contribution < 1.29 is 23.8 Å². The summed E-state index contributed by atoms with van der Waals surface area (Å²) < 4.78 is 17.5. The summed E-state index contributed by atoms with van der Waals surface area (Å²) in [5, 5.41) is 9.47. The third kappa shape index (κ3) is 9.33. The quantitative estimate of drug-likeness (QED) is 0.191. The highest BCUT2D eigenvalue weighted by Gasteiger charge is 2.21. The molecule has 4 rings (SSSR count). The first-order valence-electron chi connectivity index (χ1n) is 14.9. The van der Waals surface area contributed by atoms with Crippen LogP contribution >= 0.6 is 11.3 Å². The summed E-state index contributed by atoms with van der Waals surface area (Å²) in [6.45, 7) is 11.5. The number of likely N-dealkylation sites (tertiary alicyclic amines) is 1. The summed E-state index contributed by atoms with van der Waals surface area (Å²) in [5.41, 5.74) is 1.08. The predicted octanol–water partition coefficient (Wildman–Crippen LogP) is 7.01. The molecule has 0 spiro atoms. The van der Waals surface area contributed by atoms with Gasteiger partial charge in [0.2, 0.25) is 5.06 Å². The van der Waals surface area contributed by atoms with Crippen molar-refractivity contribution in [2.75, 3.05) is 37.4 Å². The van der Waals surface area contributed by atoms with Gasteiger partial charge in [0.15, 0.2) is 16.6 Å². The number of amides is 3. The van der Waals surface area contributed by atoms with Crippen LogP contribution in [-0.2, 0) is 0 Å². The monoisotopic (exact) mass is 609 g/mol. The van der Waals surface area contributed by atoms with Crippen molar-refractivity contribution >= 4 is 34.1 Å². The second-order valence-corrected chi connectivity index (χ2v) is 11.9. The Morgan fingerprint density at radius 3 is 2.40 bits per heavy atom. The summed E-state index contributed by atoms with van der Waals surface area (Å²) in [6, 6.07) is 12.7. The van der Waals surface area contributed by atoms with Gasteiger partial charge in [-0.05, 0) is 94.9 Å². The minimum atomic E-state index is -0.271. The third-order valence-corrected chi connectivity index (χ3v) is 8.43. The van der Waals surface area contributed by atoms with Gasteiger partial charge in [0.1, 0.15) is 5.75 Å². The van der Waals surface area contributed by atoms with E-state index in [0.717, 1.165) is 44.5 Å². The molecule has 3 aromatic rings. The number of carbonyl (C=O) groups is 2. The van der Waals surface area contributed by atoms with E-state index in [2.05, 4.69) is 39.7 Å². The average Bonchev–Trinajstić information content (AvgIpc) is 3.46. The van der Waals surface area contributed by atoms with Gasteiger partial charge in [-0.25, -0.2) is 9.78 Å². The molecule has 1 saturated heterocycles. The Labute approximate surface area is 258 Å². The number of methoxy groups -OCH3 is 1. The molecule has 0 saturated carbocycles. The van der Waals surface area contributed by atoms with Crippen LogP contribution in [-0.4, -0.2) is 60.7 Å². The molecule has 0 atom stereocenters. The number of anilines is 2. The molecule has 1 fully saturated rings. The minimum absolute atomic E-state index is 0.117. The van der Waals surface area contributed by atoms with Gasteiger partial charge in [-0.3, -0.25) is 10.1 Å². The number of nitrogens with one attached hydrogen (secondary N) is 3. The molecule has 10 nitrogen and oxygen atoms in total. The molecule has 3 amide bonds. The maximum absolute atomic E-state index is 12.8. The number of ether oxygens (including phenoxy) is 3. The van der Waals surface area contributed by atoms with E-state index in [9.17, 15) is 9.59 Å². The van der Waals surface area contributed by atoms with Crippen molar-refractivity contribution in [2.24, 2.45) is 5.92 Å². The zero-order chi connectivity index (χ0) is 30.8. The lowest BCUT2D eigenvalue weighted by molar-refractivity contribution is 0.102. The van der Waals surface area contributed by atoms with Crippen molar-refractivity contribution in [1.82, 2.24) is 15.2 Å². The van der Waals surface area contributed by atoms with Crippen molar-refractivity contribution in [3.05, 3.63) is 54.2 Å². The van der Waals surface area contributed by atoms with Gasteiger partial charge >= 0.3 is 6.03 Å². The van der Waals surface area contributed by atoms with Gasteiger partial charge in [-0.1, -0.05) is 25.2 Å².